The Labute approximate surface area is 127 Å². The Kier molecular flexibility index (Phi) is 5.97. The lowest BCUT2D eigenvalue weighted by molar-refractivity contribution is -0.140. The molecular formula is C15H26N4O2. The van der Waals surface area contributed by atoms with Crippen LogP contribution in [0.2, 0.25) is 0 Å². The first-order chi connectivity index (χ1) is 10.2. The molecule has 2 rings (SSSR count). The monoisotopic (exact) mass is 294 g/mol. The Hall–Kier alpha value is -1.16. The second-order valence-corrected chi connectivity index (χ2v) is 6.14. The van der Waals surface area contributed by atoms with E-state index in [1.165, 1.54) is 0 Å². The highest BCUT2D eigenvalue weighted by Crippen LogP contribution is 2.27. The number of hydrogen-bond donors (Lipinski definition) is 1. The van der Waals surface area contributed by atoms with Gasteiger partial charge in [0.1, 0.15) is 0 Å². The number of morpholine rings is 1. The van der Waals surface area contributed by atoms with Gasteiger partial charge in [-0.15, -0.1) is 0 Å². The van der Waals surface area contributed by atoms with Crippen LogP contribution in [0.15, 0.2) is 0 Å². The van der Waals surface area contributed by atoms with E-state index in [-0.39, 0.29) is 11.3 Å². The molecule has 0 aromatic rings. The van der Waals surface area contributed by atoms with Gasteiger partial charge in [-0.25, -0.2) is 0 Å². The fraction of sp³-hybridized carbons (Fsp3) is 0.867. The minimum atomic E-state index is -0.305. The van der Waals surface area contributed by atoms with E-state index in [4.69, 9.17) is 10.00 Å². The molecule has 1 N–H and O–H groups in total. The summed E-state index contributed by atoms with van der Waals surface area (Å²) in [6.07, 6.45) is 1.28. The number of carbonyl (C=O) groups excluding carboxylic acids is 1. The first-order valence-electron chi connectivity index (χ1n) is 7.83. The molecule has 0 aromatic carbocycles. The van der Waals surface area contributed by atoms with Crippen LogP contribution >= 0.6 is 0 Å². The van der Waals surface area contributed by atoms with Crippen LogP contribution < -0.4 is 5.32 Å². The van der Waals surface area contributed by atoms with Crippen LogP contribution in [-0.4, -0.2) is 74.7 Å². The van der Waals surface area contributed by atoms with E-state index in [0.717, 1.165) is 52.4 Å². The summed E-state index contributed by atoms with van der Waals surface area (Å²) in [6.45, 7) is 9.18. The molecule has 2 heterocycles. The molecule has 2 aliphatic heterocycles. The van der Waals surface area contributed by atoms with E-state index in [1.807, 2.05) is 11.8 Å². The van der Waals surface area contributed by atoms with Crippen molar-refractivity contribution in [3.05, 3.63) is 0 Å². The topological polar surface area (TPSA) is 68.6 Å². The van der Waals surface area contributed by atoms with Crippen molar-refractivity contribution in [3.63, 3.8) is 0 Å². The van der Waals surface area contributed by atoms with Gasteiger partial charge >= 0.3 is 0 Å². The van der Waals surface area contributed by atoms with E-state index in [1.54, 1.807) is 0 Å². The molecule has 2 saturated heterocycles. The number of nitriles is 1. The van der Waals surface area contributed by atoms with E-state index in [2.05, 4.69) is 16.3 Å². The Morgan fingerprint density at radius 3 is 2.81 bits per heavy atom. The van der Waals surface area contributed by atoms with Crippen LogP contribution in [0.5, 0.6) is 0 Å². The lowest BCUT2D eigenvalue weighted by Gasteiger charge is -2.33. The normalized spacial score (nSPS) is 26.5. The quantitative estimate of drug-likeness (QED) is 0.750. The Balaban J connectivity index is 1.90. The molecule has 0 aliphatic carbocycles. The van der Waals surface area contributed by atoms with Gasteiger partial charge in [-0.2, -0.15) is 5.26 Å². The third-order valence-corrected chi connectivity index (χ3v) is 4.46. The standard InChI is InChI=1S/C15H26N4O2/c1-15(3-5-17-13-15)14(20)19(6-2-4-16)8-7-18-9-11-21-12-10-18/h17H,2-3,5-13H2,1H3. The fourth-order valence-electron chi connectivity index (χ4n) is 2.97. The van der Waals surface area contributed by atoms with Crippen LogP contribution in [-0.2, 0) is 9.53 Å². The zero-order valence-electron chi connectivity index (χ0n) is 12.9. The summed E-state index contributed by atoms with van der Waals surface area (Å²) in [5.74, 6) is 0.191. The Morgan fingerprint density at radius 1 is 1.43 bits per heavy atom. The zero-order valence-corrected chi connectivity index (χ0v) is 12.9. The van der Waals surface area contributed by atoms with Crippen molar-refractivity contribution in [1.29, 1.82) is 5.26 Å². The maximum absolute atomic E-state index is 12.8. The summed E-state index contributed by atoms with van der Waals surface area (Å²) < 4.78 is 5.34. The van der Waals surface area contributed by atoms with Gasteiger partial charge in [0.05, 0.1) is 31.1 Å². The number of nitrogens with zero attached hydrogens (tertiary/aromatic N) is 3. The van der Waals surface area contributed by atoms with E-state index < -0.39 is 0 Å². The molecule has 2 fully saturated rings. The van der Waals surface area contributed by atoms with E-state index in [0.29, 0.717) is 19.5 Å². The number of ether oxygens (including phenoxy) is 1. The maximum Gasteiger partial charge on any atom is 0.229 e. The molecule has 0 aromatic heterocycles. The molecule has 1 unspecified atom stereocenters. The SMILES string of the molecule is CC1(C(=O)N(CCC#N)CCN2CCOCC2)CCNC1. The van der Waals surface area contributed by atoms with Gasteiger partial charge in [0.2, 0.25) is 5.91 Å². The second kappa shape index (κ2) is 7.74. The maximum atomic E-state index is 12.8. The molecule has 21 heavy (non-hydrogen) atoms. The summed E-state index contributed by atoms with van der Waals surface area (Å²) in [6, 6.07) is 2.15. The smallest absolute Gasteiger partial charge is 0.229 e. The zero-order chi connectivity index (χ0) is 15.1. The van der Waals surface area contributed by atoms with Crippen molar-refractivity contribution in [1.82, 2.24) is 15.1 Å². The number of carbonyl (C=O) groups is 1. The first-order valence-corrected chi connectivity index (χ1v) is 7.83. The van der Waals surface area contributed by atoms with Crippen LogP contribution in [0.1, 0.15) is 19.8 Å². The van der Waals surface area contributed by atoms with Gasteiger partial charge < -0.3 is 15.0 Å². The fourth-order valence-corrected chi connectivity index (χ4v) is 2.97. The van der Waals surface area contributed by atoms with Gasteiger partial charge in [-0.3, -0.25) is 9.69 Å². The number of amides is 1. The summed E-state index contributed by atoms with van der Waals surface area (Å²) in [5.41, 5.74) is -0.305. The van der Waals surface area contributed by atoms with Gasteiger partial charge in [-0.1, -0.05) is 0 Å². The van der Waals surface area contributed by atoms with Crippen LogP contribution in [0.4, 0.5) is 0 Å². The lowest BCUT2D eigenvalue weighted by Crippen LogP contribution is -2.48. The van der Waals surface area contributed by atoms with Crippen LogP contribution in [0.25, 0.3) is 0 Å². The van der Waals surface area contributed by atoms with Crippen LogP contribution in [0.3, 0.4) is 0 Å². The summed E-state index contributed by atoms with van der Waals surface area (Å²) in [4.78, 5) is 17.0. The average Bonchev–Trinajstić information content (AvgIpc) is 2.96. The molecule has 2 aliphatic rings. The highest BCUT2D eigenvalue weighted by molar-refractivity contribution is 5.83. The largest absolute Gasteiger partial charge is 0.379 e. The summed E-state index contributed by atoms with van der Waals surface area (Å²) >= 11 is 0. The van der Waals surface area contributed by atoms with E-state index in [9.17, 15) is 4.79 Å². The van der Waals surface area contributed by atoms with Crippen molar-refractivity contribution in [2.75, 3.05) is 59.0 Å². The predicted octanol–water partition coefficient (Wildman–Crippen LogP) is 0.0605. The molecule has 0 spiro atoms. The molecule has 0 saturated carbocycles. The van der Waals surface area contributed by atoms with Crippen molar-refractivity contribution in [2.45, 2.75) is 19.8 Å². The van der Waals surface area contributed by atoms with Gasteiger partial charge in [0, 0.05) is 39.3 Å². The molecule has 6 heteroatoms. The number of rotatable bonds is 6. The van der Waals surface area contributed by atoms with Crippen LogP contribution in [0, 0.1) is 16.7 Å². The van der Waals surface area contributed by atoms with Gasteiger partial charge in [0.15, 0.2) is 0 Å². The summed E-state index contributed by atoms with van der Waals surface area (Å²) in [7, 11) is 0. The van der Waals surface area contributed by atoms with E-state index >= 15 is 0 Å². The Morgan fingerprint density at radius 2 is 2.19 bits per heavy atom. The van der Waals surface area contributed by atoms with Gasteiger partial charge in [0.25, 0.3) is 0 Å². The minimum Gasteiger partial charge on any atom is -0.379 e. The average molecular weight is 294 g/mol. The predicted molar refractivity (Wildman–Crippen MR) is 79.7 cm³/mol. The molecule has 0 radical (unpaired) electrons. The highest BCUT2D eigenvalue weighted by atomic mass is 16.5. The highest BCUT2D eigenvalue weighted by Gasteiger charge is 2.39. The third-order valence-electron chi connectivity index (χ3n) is 4.46. The van der Waals surface area contributed by atoms with Gasteiger partial charge in [-0.05, 0) is 19.9 Å². The van der Waals surface area contributed by atoms with Crippen molar-refractivity contribution in [3.8, 4) is 6.07 Å². The molecule has 1 atom stereocenters. The van der Waals surface area contributed by atoms with Crippen molar-refractivity contribution in [2.24, 2.45) is 5.41 Å². The lowest BCUT2D eigenvalue weighted by atomic mass is 9.88. The van der Waals surface area contributed by atoms with Crippen molar-refractivity contribution >= 4 is 5.91 Å². The second-order valence-electron chi connectivity index (χ2n) is 6.14. The first kappa shape index (κ1) is 16.2. The number of nitrogens with one attached hydrogen (secondary N) is 1. The minimum absolute atomic E-state index is 0.191. The molecule has 1 amide bonds. The Bertz CT molecular complexity index is 382. The summed E-state index contributed by atoms with van der Waals surface area (Å²) in [5, 5.41) is 12.1. The molecule has 118 valence electrons. The third kappa shape index (κ3) is 4.40. The number of hydrogen-bond acceptors (Lipinski definition) is 5. The molecular weight excluding hydrogens is 268 g/mol. The molecule has 6 nitrogen and oxygen atoms in total. The molecule has 0 bridgehead atoms. The van der Waals surface area contributed by atoms with Crippen molar-refractivity contribution < 1.29 is 9.53 Å².